The Hall–Kier alpha value is -0.900. The van der Waals surface area contributed by atoms with Gasteiger partial charge < -0.3 is 14.6 Å². The van der Waals surface area contributed by atoms with Crippen molar-refractivity contribution in [1.82, 2.24) is 0 Å². The van der Waals surface area contributed by atoms with Crippen LogP contribution in [0.1, 0.15) is 37.7 Å². The van der Waals surface area contributed by atoms with Gasteiger partial charge in [-0.05, 0) is 43.6 Å². The molecule has 3 heteroatoms. The Kier molecular flexibility index (Phi) is 3.87. The summed E-state index contributed by atoms with van der Waals surface area (Å²) >= 11 is 0. The molecule has 0 amide bonds. The van der Waals surface area contributed by atoms with Crippen molar-refractivity contribution in [2.75, 3.05) is 13.2 Å². The van der Waals surface area contributed by atoms with Crippen LogP contribution in [0.4, 0.5) is 0 Å². The highest BCUT2D eigenvalue weighted by Gasteiger charge is 2.44. The minimum atomic E-state index is -0.653. The van der Waals surface area contributed by atoms with Gasteiger partial charge in [0.1, 0.15) is 0 Å². The molecule has 2 aliphatic rings. The van der Waals surface area contributed by atoms with Gasteiger partial charge in [-0.3, -0.25) is 0 Å². The molecule has 0 aromatic heterocycles. The fraction of sp³-hybridized carbons (Fsp3) is 0.625. The maximum absolute atomic E-state index is 11.0. The monoisotopic (exact) mass is 262 g/mol. The van der Waals surface area contributed by atoms with Gasteiger partial charge in [-0.15, -0.1) is 0 Å². The first-order chi connectivity index (χ1) is 9.29. The quantitative estimate of drug-likeness (QED) is 0.856. The van der Waals surface area contributed by atoms with Crippen LogP contribution in [0.15, 0.2) is 30.3 Å². The third-order valence-corrected chi connectivity index (χ3v) is 4.21. The van der Waals surface area contributed by atoms with Crippen molar-refractivity contribution in [1.29, 1.82) is 0 Å². The van der Waals surface area contributed by atoms with Crippen LogP contribution in [-0.2, 0) is 15.1 Å². The van der Waals surface area contributed by atoms with Crippen LogP contribution in [0.25, 0.3) is 0 Å². The van der Waals surface area contributed by atoms with E-state index in [0.29, 0.717) is 19.1 Å². The number of hydrogen-bond acceptors (Lipinski definition) is 3. The van der Waals surface area contributed by atoms with Crippen LogP contribution in [0.2, 0.25) is 0 Å². The zero-order valence-corrected chi connectivity index (χ0v) is 11.3. The van der Waals surface area contributed by atoms with Gasteiger partial charge in [-0.1, -0.05) is 30.3 Å². The van der Waals surface area contributed by atoms with E-state index in [1.807, 2.05) is 30.3 Å². The Labute approximate surface area is 114 Å². The molecule has 104 valence electrons. The van der Waals surface area contributed by atoms with Crippen molar-refractivity contribution < 1.29 is 14.6 Å². The first kappa shape index (κ1) is 13.1. The molecule has 1 aliphatic carbocycles. The summed E-state index contributed by atoms with van der Waals surface area (Å²) in [5.74, 6) is 0.431. The maximum atomic E-state index is 11.0. The molecule has 1 aromatic rings. The van der Waals surface area contributed by atoms with Crippen LogP contribution in [-0.4, -0.2) is 24.6 Å². The number of aliphatic hydroxyl groups is 1. The lowest BCUT2D eigenvalue weighted by Gasteiger charge is -2.29. The summed E-state index contributed by atoms with van der Waals surface area (Å²) in [5.41, 5.74) is 0.408. The molecule has 1 unspecified atom stereocenters. The van der Waals surface area contributed by atoms with Crippen LogP contribution < -0.4 is 0 Å². The average Bonchev–Trinajstić information content (AvgIpc) is 3.19. The van der Waals surface area contributed by atoms with E-state index in [0.717, 1.165) is 37.7 Å². The number of hydrogen-bond donors (Lipinski definition) is 1. The highest BCUT2D eigenvalue weighted by Crippen LogP contribution is 2.48. The van der Waals surface area contributed by atoms with Gasteiger partial charge in [0.25, 0.3) is 0 Å². The first-order valence-corrected chi connectivity index (χ1v) is 7.30. The molecule has 3 rings (SSSR count). The molecule has 1 saturated heterocycles. The topological polar surface area (TPSA) is 38.7 Å². The Bertz CT molecular complexity index is 396. The largest absolute Gasteiger partial charge is 0.385 e. The number of benzene rings is 1. The average molecular weight is 262 g/mol. The molecular formula is C16H22O3. The van der Waals surface area contributed by atoms with E-state index >= 15 is 0 Å². The van der Waals surface area contributed by atoms with E-state index in [9.17, 15) is 5.11 Å². The lowest BCUT2D eigenvalue weighted by molar-refractivity contribution is -0.0563. The summed E-state index contributed by atoms with van der Waals surface area (Å²) in [5, 5.41) is 11.0. The summed E-state index contributed by atoms with van der Waals surface area (Å²) in [6.45, 7) is 1.41. The fourth-order valence-electron chi connectivity index (χ4n) is 2.98. The van der Waals surface area contributed by atoms with Crippen LogP contribution in [0, 0.1) is 5.92 Å². The minimum Gasteiger partial charge on any atom is -0.385 e. The fourth-order valence-corrected chi connectivity index (χ4v) is 2.98. The minimum absolute atomic E-state index is 0.0563. The smallest absolute Gasteiger partial charge is 0.157 e. The summed E-state index contributed by atoms with van der Waals surface area (Å²) in [4.78, 5) is 0. The lowest BCUT2D eigenvalue weighted by atomic mass is 9.84. The van der Waals surface area contributed by atoms with E-state index in [-0.39, 0.29) is 6.29 Å². The van der Waals surface area contributed by atoms with Gasteiger partial charge in [0.05, 0.1) is 18.8 Å². The predicted molar refractivity (Wildman–Crippen MR) is 72.6 cm³/mol. The molecule has 1 aromatic carbocycles. The van der Waals surface area contributed by atoms with Crippen LogP contribution >= 0.6 is 0 Å². The molecule has 0 bridgehead atoms. The zero-order valence-electron chi connectivity index (χ0n) is 11.3. The summed E-state index contributed by atoms with van der Waals surface area (Å²) in [6.07, 6.45) is 4.84. The normalized spacial score (nSPS) is 23.4. The molecule has 1 atom stereocenters. The second-order valence-corrected chi connectivity index (χ2v) is 5.63. The SMILES string of the molecule is OC(CCCC1OCCO1)(c1ccccc1)C1CC1. The third kappa shape index (κ3) is 2.99. The van der Waals surface area contributed by atoms with Crippen molar-refractivity contribution >= 4 is 0 Å². The molecule has 1 heterocycles. The van der Waals surface area contributed by atoms with Crippen LogP contribution in [0.5, 0.6) is 0 Å². The van der Waals surface area contributed by atoms with Crippen molar-refractivity contribution in [3.05, 3.63) is 35.9 Å². The van der Waals surface area contributed by atoms with Gasteiger partial charge in [-0.2, -0.15) is 0 Å². The Morgan fingerprint density at radius 3 is 2.42 bits per heavy atom. The number of rotatable bonds is 6. The van der Waals surface area contributed by atoms with E-state index < -0.39 is 5.60 Å². The lowest BCUT2D eigenvalue weighted by Crippen LogP contribution is -2.28. The highest BCUT2D eigenvalue weighted by molar-refractivity contribution is 5.24. The van der Waals surface area contributed by atoms with E-state index in [2.05, 4.69) is 0 Å². The van der Waals surface area contributed by atoms with Crippen molar-refractivity contribution in [2.45, 2.75) is 44.0 Å². The highest BCUT2D eigenvalue weighted by atomic mass is 16.7. The molecule has 3 nitrogen and oxygen atoms in total. The molecule has 1 saturated carbocycles. The molecular weight excluding hydrogens is 240 g/mol. The third-order valence-electron chi connectivity index (χ3n) is 4.21. The summed E-state index contributed by atoms with van der Waals surface area (Å²) in [6, 6.07) is 10.1. The Morgan fingerprint density at radius 1 is 1.11 bits per heavy atom. The van der Waals surface area contributed by atoms with Crippen molar-refractivity contribution in [3.8, 4) is 0 Å². The first-order valence-electron chi connectivity index (χ1n) is 7.30. The second-order valence-electron chi connectivity index (χ2n) is 5.63. The molecule has 0 spiro atoms. The summed E-state index contributed by atoms with van der Waals surface area (Å²) < 4.78 is 10.9. The van der Waals surface area contributed by atoms with Gasteiger partial charge in [-0.25, -0.2) is 0 Å². The van der Waals surface area contributed by atoms with E-state index in [1.165, 1.54) is 0 Å². The van der Waals surface area contributed by atoms with Crippen molar-refractivity contribution in [3.63, 3.8) is 0 Å². The van der Waals surface area contributed by atoms with Gasteiger partial charge >= 0.3 is 0 Å². The van der Waals surface area contributed by atoms with E-state index in [4.69, 9.17) is 9.47 Å². The summed E-state index contributed by atoms with van der Waals surface area (Å²) in [7, 11) is 0. The van der Waals surface area contributed by atoms with Crippen LogP contribution in [0.3, 0.4) is 0 Å². The van der Waals surface area contributed by atoms with Gasteiger partial charge in [0.15, 0.2) is 6.29 Å². The molecule has 1 aliphatic heterocycles. The second kappa shape index (κ2) is 5.61. The Balaban J connectivity index is 1.60. The maximum Gasteiger partial charge on any atom is 0.157 e. The standard InChI is InChI=1S/C16H22O3/c17-16(14-8-9-14,13-5-2-1-3-6-13)10-4-7-15-18-11-12-19-15/h1-3,5-6,14-15,17H,4,7-12H2. The van der Waals surface area contributed by atoms with E-state index in [1.54, 1.807) is 0 Å². The Morgan fingerprint density at radius 2 is 1.79 bits per heavy atom. The number of ether oxygens (including phenoxy) is 2. The molecule has 1 N–H and O–H groups in total. The zero-order chi connectivity index (χ0) is 13.1. The molecule has 19 heavy (non-hydrogen) atoms. The van der Waals surface area contributed by atoms with Gasteiger partial charge in [0.2, 0.25) is 0 Å². The van der Waals surface area contributed by atoms with Crippen molar-refractivity contribution in [2.24, 2.45) is 5.92 Å². The predicted octanol–water partition coefficient (Wildman–Crippen LogP) is 2.83. The molecule has 0 radical (unpaired) electrons. The molecule has 2 fully saturated rings. The van der Waals surface area contributed by atoms with Gasteiger partial charge in [0, 0.05) is 0 Å².